The summed E-state index contributed by atoms with van der Waals surface area (Å²) < 4.78 is 32.5. The number of hydrogen-bond donors (Lipinski definition) is 0. The maximum atomic E-state index is 13.4. The first kappa shape index (κ1) is 17.6. The molecule has 0 spiro atoms. The molecule has 0 aromatic rings. The summed E-state index contributed by atoms with van der Waals surface area (Å²) in [4.78, 5) is 0. The van der Waals surface area contributed by atoms with E-state index >= 15 is 0 Å². The smallest absolute Gasteiger partial charge is 0.268 e. The molecule has 0 N–H and O–H groups in total. The third-order valence-corrected chi connectivity index (χ3v) is 4.32. The van der Waals surface area contributed by atoms with Gasteiger partial charge in [-0.15, -0.1) is 0 Å². The van der Waals surface area contributed by atoms with E-state index in [0.717, 1.165) is 31.9 Å². The summed E-state index contributed by atoms with van der Waals surface area (Å²) in [5.74, 6) is -3.30. The molecule has 20 heavy (non-hydrogen) atoms. The predicted octanol–water partition coefficient (Wildman–Crippen LogP) is 5.60. The van der Waals surface area contributed by atoms with Gasteiger partial charge in [-0.25, -0.2) is 8.78 Å². The number of unbranched alkanes of at least 4 members (excludes halogenated alkanes) is 1. The van der Waals surface area contributed by atoms with Crippen LogP contribution in [0.5, 0.6) is 0 Å². The van der Waals surface area contributed by atoms with Gasteiger partial charge in [-0.3, -0.25) is 0 Å². The molecule has 0 aliphatic heterocycles. The average molecular weight is 288 g/mol. The molecule has 0 radical (unpaired) electrons. The van der Waals surface area contributed by atoms with Crippen LogP contribution in [0.25, 0.3) is 0 Å². The second-order valence-electron chi connectivity index (χ2n) is 6.84. The summed E-state index contributed by atoms with van der Waals surface area (Å²) in [7, 11) is 0. The molecule has 0 heterocycles. The van der Waals surface area contributed by atoms with Crippen LogP contribution < -0.4 is 0 Å². The van der Waals surface area contributed by atoms with Crippen LogP contribution in [0, 0.1) is 11.3 Å². The highest BCUT2D eigenvalue weighted by molar-refractivity contribution is 4.97. The van der Waals surface area contributed by atoms with Crippen LogP contribution in [0.2, 0.25) is 0 Å². The van der Waals surface area contributed by atoms with Gasteiger partial charge in [-0.1, -0.05) is 26.3 Å². The highest BCUT2D eigenvalue weighted by Gasteiger charge is 2.36. The lowest BCUT2D eigenvalue weighted by Gasteiger charge is -2.42. The molecule has 0 amide bonds. The van der Waals surface area contributed by atoms with Gasteiger partial charge >= 0.3 is 0 Å². The van der Waals surface area contributed by atoms with E-state index < -0.39 is 11.8 Å². The molecule has 0 unspecified atom stereocenters. The molecule has 1 nitrogen and oxygen atoms in total. The summed E-state index contributed by atoms with van der Waals surface area (Å²) >= 11 is 0. The lowest BCUT2D eigenvalue weighted by atomic mass is 9.66. The fourth-order valence-corrected chi connectivity index (χ4v) is 2.51. The van der Waals surface area contributed by atoms with Crippen LogP contribution >= 0.6 is 0 Å². The number of hydrogen-bond acceptors (Lipinski definition) is 1. The van der Waals surface area contributed by atoms with Gasteiger partial charge in [-0.2, -0.15) is 0 Å². The van der Waals surface area contributed by atoms with Crippen molar-refractivity contribution >= 4 is 0 Å². The Labute approximate surface area is 122 Å². The Kier molecular flexibility index (Phi) is 6.63. The highest BCUT2D eigenvalue weighted by Crippen LogP contribution is 2.45. The summed E-state index contributed by atoms with van der Waals surface area (Å²) in [5.41, 5.74) is 0.332. The summed E-state index contributed by atoms with van der Waals surface area (Å²) in [6.07, 6.45) is 9.55. The van der Waals surface area contributed by atoms with Gasteiger partial charge in [0.1, 0.15) is 0 Å². The van der Waals surface area contributed by atoms with Crippen LogP contribution in [0.15, 0.2) is 12.2 Å². The first-order valence-electron chi connectivity index (χ1n) is 7.94. The minimum absolute atomic E-state index is 0.275. The molecular weight excluding hydrogens is 258 g/mol. The van der Waals surface area contributed by atoms with Crippen molar-refractivity contribution in [3.8, 4) is 0 Å². The van der Waals surface area contributed by atoms with Gasteiger partial charge in [-0.05, 0) is 57.4 Å². The Balaban J connectivity index is 2.27. The molecule has 1 aliphatic rings. The predicted molar refractivity (Wildman–Crippen MR) is 80.1 cm³/mol. The van der Waals surface area contributed by atoms with Crippen molar-refractivity contribution in [3.63, 3.8) is 0 Å². The normalized spacial score (nSPS) is 19.0. The van der Waals surface area contributed by atoms with E-state index in [9.17, 15) is 8.78 Å². The lowest BCUT2D eigenvalue weighted by Crippen LogP contribution is -2.35. The molecule has 0 aromatic carbocycles. The Morgan fingerprint density at radius 2 is 1.85 bits per heavy atom. The quantitative estimate of drug-likeness (QED) is 0.396. The fraction of sp³-hybridized carbons (Fsp3) is 0.882. The number of rotatable bonds is 9. The molecule has 1 aliphatic carbocycles. The first-order valence-corrected chi connectivity index (χ1v) is 7.94. The Morgan fingerprint density at radius 1 is 1.20 bits per heavy atom. The number of alkyl halides is 2. The maximum Gasteiger partial charge on any atom is 0.268 e. The molecular formula is C17H30F2O. The zero-order valence-corrected chi connectivity index (χ0v) is 13.4. The Bertz CT molecular complexity index is 304. The molecule has 0 saturated heterocycles. The third kappa shape index (κ3) is 5.51. The Hall–Kier alpha value is -0.440. The van der Waals surface area contributed by atoms with E-state index in [0.29, 0.717) is 5.41 Å². The van der Waals surface area contributed by atoms with E-state index in [-0.39, 0.29) is 6.10 Å². The second-order valence-corrected chi connectivity index (χ2v) is 6.84. The largest absolute Gasteiger partial charge is 0.378 e. The lowest BCUT2D eigenvalue weighted by molar-refractivity contribution is -0.0380. The molecule has 118 valence electrons. The van der Waals surface area contributed by atoms with Crippen molar-refractivity contribution in [3.05, 3.63) is 12.2 Å². The molecule has 0 aromatic heterocycles. The molecule has 0 bridgehead atoms. The van der Waals surface area contributed by atoms with E-state index in [1.807, 2.05) is 0 Å². The van der Waals surface area contributed by atoms with Crippen LogP contribution in [-0.4, -0.2) is 18.6 Å². The van der Waals surface area contributed by atoms with Gasteiger partial charge in [0.2, 0.25) is 0 Å². The summed E-state index contributed by atoms with van der Waals surface area (Å²) in [6, 6.07) is 0. The molecule has 0 atom stereocenters. The van der Waals surface area contributed by atoms with Crippen molar-refractivity contribution in [2.24, 2.45) is 11.3 Å². The van der Waals surface area contributed by atoms with E-state index in [2.05, 4.69) is 13.8 Å². The third-order valence-electron chi connectivity index (χ3n) is 4.32. The first-order chi connectivity index (χ1) is 9.27. The summed E-state index contributed by atoms with van der Waals surface area (Å²) in [6.45, 7) is 8.05. The van der Waals surface area contributed by atoms with Crippen molar-refractivity contribution in [1.82, 2.24) is 0 Å². The standard InChI is InChI=1S/C17H30F2O/c1-14(2)17(18,19)12-7-5-6-9-16(10-8-11-16)13-20-15(3)4/h7,12,14-15H,5-6,8-11,13H2,1-4H3. The molecule has 1 fully saturated rings. The van der Waals surface area contributed by atoms with Crippen molar-refractivity contribution in [1.29, 1.82) is 0 Å². The van der Waals surface area contributed by atoms with Crippen LogP contribution in [-0.2, 0) is 4.74 Å². The minimum atomic E-state index is -2.67. The zero-order chi connectivity index (χ0) is 15.2. The van der Waals surface area contributed by atoms with E-state index in [1.165, 1.54) is 19.3 Å². The fourth-order valence-electron chi connectivity index (χ4n) is 2.51. The SMILES string of the molecule is CC(C)OCC1(CCCC=CC(F)(F)C(C)C)CCC1. The Morgan fingerprint density at radius 3 is 2.30 bits per heavy atom. The average Bonchev–Trinajstić information content (AvgIpc) is 2.30. The van der Waals surface area contributed by atoms with Crippen molar-refractivity contribution in [2.45, 2.75) is 78.2 Å². The van der Waals surface area contributed by atoms with Gasteiger partial charge in [0.15, 0.2) is 0 Å². The van der Waals surface area contributed by atoms with Crippen LogP contribution in [0.3, 0.4) is 0 Å². The second kappa shape index (κ2) is 7.53. The number of ether oxygens (including phenoxy) is 1. The van der Waals surface area contributed by atoms with Crippen LogP contribution in [0.1, 0.15) is 66.2 Å². The van der Waals surface area contributed by atoms with Crippen molar-refractivity contribution in [2.75, 3.05) is 6.61 Å². The minimum Gasteiger partial charge on any atom is -0.378 e. The van der Waals surface area contributed by atoms with Crippen molar-refractivity contribution < 1.29 is 13.5 Å². The summed E-state index contributed by atoms with van der Waals surface area (Å²) in [5, 5.41) is 0. The topological polar surface area (TPSA) is 9.23 Å². The van der Waals surface area contributed by atoms with Crippen LogP contribution in [0.4, 0.5) is 8.78 Å². The maximum absolute atomic E-state index is 13.4. The monoisotopic (exact) mass is 288 g/mol. The highest BCUT2D eigenvalue weighted by atomic mass is 19.3. The van der Waals surface area contributed by atoms with E-state index in [1.54, 1.807) is 19.9 Å². The molecule has 1 rings (SSSR count). The number of halogens is 2. The zero-order valence-electron chi connectivity index (χ0n) is 13.4. The van der Waals surface area contributed by atoms with Gasteiger partial charge < -0.3 is 4.74 Å². The van der Waals surface area contributed by atoms with Gasteiger partial charge in [0.05, 0.1) is 12.7 Å². The van der Waals surface area contributed by atoms with E-state index in [4.69, 9.17) is 4.74 Å². The molecule has 1 saturated carbocycles. The van der Waals surface area contributed by atoms with Gasteiger partial charge in [0.25, 0.3) is 5.92 Å². The number of allylic oxidation sites excluding steroid dienone is 2. The van der Waals surface area contributed by atoms with Gasteiger partial charge in [0, 0.05) is 5.92 Å². The molecule has 3 heteroatoms.